The summed E-state index contributed by atoms with van der Waals surface area (Å²) in [6.45, 7) is 3.10. The molecule has 0 fully saturated rings. The van der Waals surface area contributed by atoms with E-state index in [-0.39, 0.29) is 5.03 Å². The molecule has 0 aliphatic rings. The van der Waals surface area contributed by atoms with Gasteiger partial charge in [-0.1, -0.05) is 6.92 Å². The van der Waals surface area contributed by atoms with E-state index < -0.39 is 10.0 Å². The molecule has 1 aromatic heterocycles. The van der Waals surface area contributed by atoms with Crippen LogP contribution in [0, 0.1) is 5.92 Å². The molecule has 3 N–H and O–H groups in total. The van der Waals surface area contributed by atoms with E-state index in [1.165, 1.54) is 12.5 Å². The lowest BCUT2D eigenvalue weighted by Crippen LogP contribution is -2.25. The Morgan fingerprint density at radius 1 is 1.59 bits per heavy atom. The molecule has 1 unspecified atom stereocenters. The molecule has 0 aliphatic heterocycles. The van der Waals surface area contributed by atoms with Gasteiger partial charge in [0.1, 0.15) is 0 Å². The minimum Gasteiger partial charge on any atom is -0.339 e. The Labute approximate surface area is 102 Å². The smallest absolute Gasteiger partial charge is 0.259 e. The van der Waals surface area contributed by atoms with E-state index in [0.29, 0.717) is 19.0 Å². The Bertz CT molecular complexity index is 441. The highest BCUT2D eigenvalue weighted by Crippen LogP contribution is 2.06. The normalized spacial score (nSPS) is 13.8. The van der Waals surface area contributed by atoms with Gasteiger partial charge in [0, 0.05) is 19.8 Å². The summed E-state index contributed by atoms with van der Waals surface area (Å²) in [4.78, 5) is 3.81. The predicted octanol–water partition coefficient (Wildman–Crippen LogP) is 0.0734. The van der Waals surface area contributed by atoms with Crippen molar-refractivity contribution in [3.8, 4) is 0 Å². The van der Waals surface area contributed by atoms with Crippen LogP contribution < -0.4 is 10.5 Å². The first-order valence-electron chi connectivity index (χ1n) is 5.63. The third-order valence-electron chi connectivity index (χ3n) is 2.52. The molecule has 0 radical (unpaired) electrons. The molecule has 0 aromatic carbocycles. The van der Waals surface area contributed by atoms with Crippen LogP contribution >= 0.6 is 0 Å². The SMILES string of the molecule is CC(CN)CCCNS(=O)(=O)c1cn(C)cn1. The van der Waals surface area contributed by atoms with Crippen molar-refractivity contribution in [1.29, 1.82) is 0 Å². The van der Waals surface area contributed by atoms with Gasteiger partial charge in [-0.2, -0.15) is 0 Å². The monoisotopic (exact) mass is 260 g/mol. The molecule has 6 nitrogen and oxygen atoms in total. The van der Waals surface area contributed by atoms with E-state index in [9.17, 15) is 8.42 Å². The van der Waals surface area contributed by atoms with Gasteiger partial charge in [-0.3, -0.25) is 0 Å². The lowest BCUT2D eigenvalue weighted by atomic mass is 10.1. The van der Waals surface area contributed by atoms with Crippen molar-refractivity contribution >= 4 is 10.0 Å². The topological polar surface area (TPSA) is 90.0 Å². The van der Waals surface area contributed by atoms with E-state index in [2.05, 4.69) is 9.71 Å². The number of hydrogen-bond acceptors (Lipinski definition) is 4. The van der Waals surface area contributed by atoms with E-state index >= 15 is 0 Å². The van der Waals surface area contributed by atoms with E-state index in [1.54, 1.807) is 11.6 Å². The Hall–Kier alpha value is -0.920. The van der Waals surface area contributed by atoms with Gasteiger partial charge in [-0.15, -0.1) is 0 Å². The number of imidazole rings is 1. The van der Waals surface area contributed by atoms with Crippen LogP contribution in [0.25, 0.3) is 0 Å². The van der Waals surface area contributed by atoms with Crippen LogP contribution in [0.4, 0.5) is 0 Å². The molecule has 1 atom stereocenters. The van der Waals surface area contributed by atoms with Crippen LogP contribution in [-0.4, -0.2) is 31.1 Å². The fraction of sp³-hybridized carbons (Fsp3) is 0.700. The van der Waals surface area contributed by atoms with Crippen molar-refractivity contribution in [3.63, 3.8) is 0 Å². The van der Waals surface area contributed by atoms with Gasteiger partial charge in [0.2, 0.25) is 0 Å². The van der Waals surface area contributed by atoms with Gasteiger partial charge in [0.05, 0.1) is 6.33 Å². The summed E-state index contributed by atoms with van der Waals surface area (Å²) in [5.41, 5.74) is 5.48. The Balaban J connectivity index is 2.41. The summed E-state index contributed by atoms with van der Waals surface area (Å²) in [5.74, 6) is 0.425. The second-order valence-electron chi connectivity index (χ2n) is 4.26. The third-order valence-corrected chi connectivity index (χ3v) is 3.87. The summed E-state index contributed by atoms with van der Waals surface area (Å²) in [6.07, 6.45) is 4.64. The summed E-state index contributed by atoms with van der Waals surface area (Å²) in [5, 5.41) is 0.0619. The maximum atomic E-state index is 11.7. The fourth-order valence-corrected chi connectivity index (χ4v) is 2.43. The second kappa shape index (κ2) is 6.13. The molecular weight excluding hydrogens is 240 g/mol. The Morgan fingerprint density at radius 2 is 2.29 bits per heavy atom. The maximum absolute atomic E-state index is 11.7. The van der Waals surface area contributed by atoms with Crippen LogP contribution in [0.5, 0.6) is 0 Å². The first kappa shape index (κ1) is 14.1. The number of hydrogen-bond donors (Lipinski definition) is 2. The predicted molar refractivity (Wildman–Crippen MR) is 65.8 cm³/mol. The van der Waals surface area contributed by atoms with Crippen LogP contribution in [0.15, 0.2) is 17.6 Å². The molecule has 0 bridgehead atoms. The van der Waals surface area contributed by atoms with Crippen LogP contribution in [-0.2, 0) is 17.1 Å². The zero-order chi connectivity index (χ0) is 12.9. The minimum absolute atomic E-state index is 0.0619. The van der Waals surface area contributed by atoms with Crippen molar-refractivity contribution in [2.24, 2.45) is 18.7 Å². The molecule has 7 heteroatoms. The van der Waals surface area contributed by atoms with Gasteiger partial charge in [0.15, 0.2) is 5.03 Å². The molecule has 0 saturated carbocycles. The quantitative estimate of drug-likeness (QED) is 0.679. The Kier molecular flexibility index (Phi) is 5.10. The van der Waals surface area contributed by atoms with Crippen LogP contribution in [0.1, 0.15) is 19.8 Å². The van der Waals surface area contributed by atoms with E-state index in [1.807, 2.05) is 6.92 Å². The van der Waals surface area contributed by atoms with Gasteiger partial charge < -0.3 is 10.3 Å². The lowest BCUT2D eigenvalue weighted by molar-refractivity contribution is 0.513. The third kappa shape index (κ3) is 4.45. The van der Waals surface area contributed by atoms with Crippen molar-refractivity contribution in [3.05, 3.63) is 12.5 Å². The first-order chi connectivity index (χ1) is 7.95. The van der Waals surface area contributed by atoms with Crippen molar-refractivity contribution < 1.29 is 8.42 Å². The van der Waals surface area contributed by atoms with Crippen LogP contribution in [0.2, 0.25) is 0 Å². The summed E-state index contributed by atoms with van der Waals surface area (Å²) in [7, 11) is -1.73. The van der Waals surface area contributed by atoms with Crippen molar-refractivity contribution in [1.82, 2.24) is 14.3 Å². The van der Waals surface area contributed by atoms with Crippen molar-refractivity contribution in [2.45, 2.75) is 24.8 Å². The van der Waals surface area contributed by atoms with Crippen LogP contribution in [0.3, 0.4) is 0 Å². The molecule has 0 saturated heterocycles. The summed E-state index contributed by atoms with van der Waals surface area (Å²) in [6, 6.07) is 0. The van der Waals surface area contributed by atoms with Crippen molar-refractivity contribution in [2.75, 3.05) is 13.1 Å². The number of nitrogens with one attached hydrogen (secondary N) is 1. The molecular formula is C10H20N4O2S. The number of aryl methyl sites for hydroxylation is 1. The molecule has 0 aliphatic carbocycles. The number of aromatic nitrogens is 2. The van der Waals surface area contributed by atoms with Gasteiger partial charge in [0.25, 0.3) is 10.0 Å². The number of rotatable bonds is 7. The summed E-state index contributed by atoms with van der Waals surface area (Å²) >= 11 is 0. The van der Waals surface area contributed by atoms with Gasteiger partial charge >= 0.3 is 0 Å². The fourth-order valence-electron chi connectivity index (χ4n) is 1.38. The van der Waals surface area contributed by atoms with Gasteiger partial charge in [-0.25, -0.2) is 18.1 Å². The molecule has 0 spiro atoms. The zero-order valence-corrected chi connectivity index (χ0v) is 11.1. The largest absolute Gasteiger partial charge is 0.339 e. The number of nitrogens with zero attached hydrogens (tertiary/aromatic N) is 2. The van der Waals surface area contributed by atoms with E-state index in [4.69, 9.17) is 5.73 Å². The molecule has 1 rings (SSSR count). The Morgan fingerprint density at radius 3 is 2.82 bits per heavy atom. The average molecular weight is 260 g/mol. The minimum atomic E-state index is -3.46. The molecule has 1 aromatic rings. The molecule has 1 heterocycles. The average Bonchev–Trinajstić information content (AvgIpc) is 2.71. The highest BCUT2D eigenvalue weighted by atomic mass is 32.2. The second-order valence-corrected chi connectivity index (χ2v) is 5.97. The summed E-state index contributed by atoms with van der Waals surface area (Å²) < 4.78 is 27.6. The number of nitrogens with two attached hydrogens (primary N) is 1. The highest BCUT2D eigenvalue weighted by molar-refractivity contribution is 7.89. The first-order valence-corrected chi connectivity index (χ1v) is 7.11. The number of sulfonamides is 1. The molecule has 0 amide bonds. The molecule has 98 valence electrons. The maximum Gasteiger partial charge on any atom is 0.259 e. The standard InChI is InChI=1S/C10H20N4O2S/c1-9(6-11)4-3-5-13-17(15,16)10-7-14(2)8-12-10/h7-9,13H,3-6,11H2,1-2H3. The lowest BCUT2D eigenvalue weighted by Gasteiger charge is -2.08. The van der Waals surface area contributed by atoms with E-state index in [0.717, 1.165) is 12.8 Å². The highest BCUT2D eigenvalue weighted by Gasteiger charge is 2.15. The zero-order valence-electron chi connectivity index (χ0n) is 10.3. The van der Waals surface area contributed by atoms with Gasteiger partial charge in [-0.05, 0) is 25.3 Å². The molecule has 17 heavy (non-hydrogen) atoms.